The molecule has 0 unspecified atom stereocenters. The molecule has 0 bridgehead atoms. The average molecular weight is 208 g/mol. The molecule has 0 saturated heterocycles. The van der Waals surface area contributed by atoms with Crippen LogP contribution in [0.2, 0.25) is 0 Å². The lowest BCUT2D eigenvalue weighted by Gasteiger charge is -2.18. The lowest BCUT2D eigenvalue weighted by atomic mass is 10.2. The molecule has 1 aliphatic carbocycles. The molecule has 1 aliphatic rings. The van der Waals surface area contributed by atoms with Crippen LogP contribution in [0.15, 0.2) is 10.5 Å². The van der Waals surface area contributed by atoms with E-state index in [1.807, 2.05) is 6.92 Å². The molecule has 0 aliphatic heterocycles. The standard InChI is InChI=1S/C12H20N2O/c1-3-14(11-4-5-11)8-10-6-12(7-13)15-9(10)2/h6,11H,3-5,7-8,13H2,1-2H3. The molecule has 0 spiro atoms. The van der Waals surface area contributed by atoms with Crippen LogP contribution >= 0.6 is 0 Å². The van der Waals surface area contributed by atoms with E-state index in [9.17, 15) is 0 Å². The van der Waals surface area contributed by atoms with E-state index in [1.54, 1.807) is 0 Å². The van der Waals surface area contributed by atoms with Crippen molar-refractivity contribution in [3.05, 3.63) is 23.2 Å². The normalized spacial score (nSPS) is 16.3. The van der Waals surface area contributed by atoms with Gasteiger partial charge in [-0.05, 0) is 32.4 Å². The number of hydrogen-bond donors (Lipinski definition) is 1. The van der Waals surface area contributed by atoms with Crippen molar-refractivity contribution in [2.45, 2.75) is 45.8 Å². The van der Waals surface area contributed by atoms with Crippen LogP contribution < -0.4 is 5.73 Å². The van der Waals surface area contributed by atoms with Crippen LogP contribution in [0.1, 0.15) is 36.8 Å². The molecule has 1 fully saturated rings. The Labute approximate surface area is 91.2 Å². The first-order valence-corrected chi connectivity index (χ1v) is 5.77. The van der Waals surface area contributed by atoms with Gasteiger partial charge in [0, 0.05) is 18.2 Å². The second-order valence-electron chi connectivity index (χ2n) is 4.29. The van der Waals surface area contributed by atoms with Gasteiger partial charge in [-0.1, -0.05) is 6.92 Å². The molecule has 1 heterocycles. The zero-order valence-corrected chi connectivity index (χ0v) is 9.62. The summed E-state index contributed by atoms with van der Waals surface area (Å²) in [6.07, 6.45) is 2.71. The van der Waals surface area contributed by atoms with E-state index >= 15 is 0 Å². The van der Waals surface area contributed by atoms with Crippen LogP contribution in [0, 0.1) is 6.92 Å². The van der Waals surface area contributed by atoms with Gasteiger partial charge in [-0.25, -0.2) is 0 Å². The van der Waals surface area contributed by atoms with Gasteiger partial charge in [0.05, 0.1) is 6.54 Å². The highest BCUT2D eigenvalue weighted by atomic mass is 16.3. The molecule has 1 aromatic rings. The summed E-state index contributed by atoms with van der Waals surface area (Å²) in [4.78, 5) is 2.51. The summed E-state index contributed by atoms with van der Waals surface area (Å²) in [5.41, 5.74) is 6.86. The minimum atomic E-state index is 0.496. The molecule has 0 aromatic carbocycles. The minimum Gasteiger partial charge on any atom is -0.465 e. The van der Waals surface area contributed by atoms with Gasteiger partial charge < -0.3 is 10.2 Å². The van der Waals surface area contributed by atoms with Crippen molar-refractivity contribution in [3.63, 3.8) is 0 Å². The Balaban J connectivity index is 2.04. The molecule has 1 saturated carbocycles. The van der Waals surface area contributed by atoms with E-state index in [4.69, 9.17) is 10.2 Å². The van der Waals surface area contributed by atoms with E-state index in [2.05, 4.69) is 17.9 Å². The van der Waals surface area contributed by atoms with Crippen LogP contribution in [0.4, 0.5) is 0 Å². The molecule has 84 valence electrons. The highest BCUT2D eigenvalue weighted by molar-refractivity contribution is 5.21. The van der Waals surface area contributed by atoms with Gasteiger partial charge in [0.25, 0.3) is 0 Å². The Bertz CT molecular complexity index is 328. The second kappa shape index (κ2) is 4.37. The van der Waals surface area contributed by atoms with Crippen molar-refractivity contribution in [2.24, 2.45) is 5.73 Å². The van der Waals surface area contributed by atoms with Crippen molar-refractivity contribution >= 4 is 0 Å². The van der Waals surface area contributed by atoms with Crippen LogP contribution in [-0.4, -0.2) is 17.5 Å². The maximum absolute atomic E-state index is 5.56. The highest BCUT2D eigenvalue weighted by Gasteiger charge is 2.28. The van der Waals surface area contributed by atoms with Gasteiger partial charge in [-0.15, -0.1) is 0 Å². The third kappa shape index (κ3) is 2.41. The van der Waals surface area contributed by atoms with Gasteiger partial charge in [-0.2, -0.15) is 0 Å². The number of nitrogens with two attached hydrogens (primary N) is 1. The van der Waals surface area contributed by atoms with E-state index in [0.717, 1.165) is 30.7 Å². The van der Waals surface area contributed by atoms with Crippen LogP contribution in [-0.2, 0) is 13.1 Å². The predicted molar refractivity (Wildman–Crippen MR) is 60.4 cm³/mol. The largest absolute Gasteiger partial charge is 0.465 e. The predicted octanol–water partition coefficient (Wildman–Crippen LogP) is 2.03. The van der Waals surface area contributed by atoms with Crippen molar-refractivity contribution in [3.8, 4) is 0 Å². The Morgan fingerprint density at radius 1 is 1.53 bits per heavy atom. The Morgan fingerprint density at radius 3 is 2.73 bits per heavy atom. The van der Waals surface area contributed by atoms with Crippen LogP contribution in [0.25, 0.3) is 0 Å². The first kappa shape index (κ1) is 10.7. The third-order valence-electron chi connectivity index (χ3n) is 3.12. The van der Waals surface area contributed by atoms with Crippen LogP contribution in [0.3, 0.4) is 0 Å². The molecule has 0 amide bonds. The van der Waals surface area contributed by atoms with Gasteiger partial charge >= 0.3 is 0 Å². The molecule has 15 heavy (non-hydrogen) atoms. The average Bonchev–Trinajstić information content (AvgIpc) is 3.01. The van der Waals surface area contributed by atoms with Crippen molar-refractivity contribution in [1.82, 2.24) is 4.90 Å². The lowest BCUT2D eigenvalue weighted by Crippen LogP contribution is -2.25. The lowest BCUT2D eigenvalue weighted by molar-refractivity contribution is 0.267. The molecule has 0 atom stereocenters. The number of aryl methyl sites for hydroxylation is 1. The Morgan fingerprint density at radius 2 is 2.27 bits per heavy atom. The Hall–Kier alpha value is -0.800. The summed E-state index contributed by atoms with van der Waals surface area (Å²) in [5.74, 6) is 1.92. The second-order valence-corrected chi connectivity index (χ2v) is 4.29. The SMILES string of the molecule is CCN(Cc1cc(CN)oc1C)C1CC1. The monoisotopic (exact) mass is 208 g/mol. The molecule has 2 N–H and O–H groups in total. The Kier molecular flexibility index (Phi) is 3.12. The molecule has 0 radical (unpaired) electrons. The van der Waals surface area contributed by atoms with E-state index in [1.165, 1.54) is 18.4 Å². The molecular formula is C12H20N2O. The first-order chi connectivity index (χ1) is 7.24. The molecule has 3 nitrogen and oxygen atoms in total. The summed E-state index contributed by atoms with van der Waals surface area (Å²) >= 11 is 0. The maximum Gasteiger partial charge on any atom is 0.118 e. The van der Waals surface area contributed by atoms with Gasteiger partial charge in [-0.3, -0.25) is 4.90 Å². The summed E-state index contributed by atoms with van der Waals surface area (Å²) in [6, 6.07) is 2.91. The fraction of sp³-hybridized carbons (Fsp3) is 0.667. The topological polar surface area (TPSA) is 42.4 Å². The van der Waals surface area contributed by atoms with Gasteiger partial charge in [0.15, 0.2) is 0 Å². The van der Waals surface area contributed by atoms with E-state index in [-0.39, 0.29) is 0 Å². The number of hydrogen-bond acceptors (Lipinski definition) is 3. The van der Waals surface area contributed by atoms with Crippen molar-refractivity contribution in [1.29, 1.82) is 0 Å². The number of furan rings is 1. The molecule has 3 heteroatoms. The summed E-state index contributed by atoms with van der Waals surface area (Å²) in [5, 5.41) is 0. The van der Waals surface area contributed by atoms with Crippen LogP contribution in [0.5, 0.6) is 0 Å². The maximum atomic E-state index is 5.56. The molecule has 2 rings (SSSR count). The van der Waals surface area contributed by atoms with Gasteiger partial charge in [0.2, 0.25) is 0 Å². The van der Waals surface area contributed by atoms with E-state index < -0.39 is 0 Å². The number of nitrogens with zero attached hydrogens (tertiary/aromatic N) is 1. The smallest absolute Gasteiger partial charge is 0.118 e. The summed E-state index contributed by atoms with van der Waals surface area (Å²) in [7, 11) is 0. The fourth-order valence-corrected chi connectivity index (χ4v) is 2.00. The van der Waals surface area contributed by atoms with E-state index in [0.29, 0.717) is 6.54 Å². The third-order valence-corrected chi connectivity index (χ3v) is 3.12. The number of rotatable bonds is 5. The zero-order chi connectivity index (χ0) is 10.8. The first-order valence-electron chi connectivity index (χ1n) is 5.77. The highest BCUT2D eigenvalue weighted by Crippen LogP contribution is 2.29. The fourth-order valence-electron chi connectivity index (χ4n) is 2.00. The van der Waals surface area contributed by atoms with Crippen molar-refractivity contribution in [2.75, 3.05) is 6.54 Å². The summed E-state index contributed by atoms with van der Waals surface area (Å²) in [6.45, 7) is 6.87. The molecular weight excluding hydrogens is 188 g/mol. The minimum absolute atomic E-state index is 0.496. The molecule has 1 aromatic heterocycles. The van der Waals surface area contributed by atoms with Crippen molar-refractivity contribution < 1.29 is 4.42 Å². The summed E-state index contributed by atoms with van der Waals surface area (Å²) < 4.78 is 5.56. The quantitative estimate of drug-likeness (QED) is 0.805. The zero-order valence-electron chi connectivity index (χ0n) is 9.62. The van der Waals surface area contributed by atoms with Gasteiger partial charge in [0.1, 0.15) is 11.5 Å².